The number of methoxy groups -OCH3 is 2. The normalized spacial score (nSPS) is 17.9. The molecular weight excluding hydrogens is 524 g/mol. The molecule has 0 radical (unpaired) electrons. The van der Waals surface area contributed by atoms with E-state index in [-0.39, 0.29) is 57.6 Å². The van der Waals surface area contributed by atoms with Crippen LogP contribution in [0.2, 0.25) is 0 Å². The van der Waals surface area contributed by atoms with Crippen LogP contribution in [0, 0.1) is 0 Å². The third kappa shape index (κ3) is 6.15. The van der Waals surface area contributed by atoms with Gasteiger partial charge in [0.1, 0.15) is 24.1 Å². The number of hydrogen-bond acceptors (Lipinski definition) is 11. The highest BCUT2D eigenvalue weighted by Crippen LogP contribution is 2.39. The van der Waals surface area contributed by atoms with Gasteiger partial charge in [0.15, 0.2) is 12.4 Å². The minimum Gasteiger partial charge on any atom is -0.507 e. The molecule has 1 aromatic heterocycles. The van der Waals surface area contributed by atoms with Crippen molar-refractivity contribution in [2.75, 3.05) is 33.1 Å². The van der Waals surface area contributed by atoms with Crippen LogP contribution < -0.4 is 15.4 Å². The SMILES string of the molecule is COCc1noc([C@@H]2CSCc3c(O)cc(OC)c(Br)c3C(=O)OCC(=O)NCC(=O)N2)n1. The third-order valence-electron chi connectivity index (χ3n) is 4.44. The number of aromatic hydroxyl groups is 1. The smallest absolute Gasteiger partial charge is 0.340 e. The predicted octanol–water partition coefficient (Wildman–Crippen LogP) is 1.07. The van der Waals surface area contributed by atoms with Gasteiger partial charge in [-0.3, -0.25) is 9.59 Å². The molecule has 1 aliphatic heterocycles. The summed E-state index contributed by atoms with van der Waals surface area (Å²) in [6, 6.07) is 0.667. The molecule has 14 heteroatoms. The maximum absolute atomic E-state index is 12.7. The third-order valence-corrected chi connectivity index (χ3v) is 6.29. The number of hydrogen-bond donors (Lipinski definition) is 3. The number of carbonyl (C=O) groups excluding carboxylic acids is 3. The van der Waals surface area contributed by atoms with Crippen molar-refractivity contribution in [1.29, 1.82) is 0 Å². The molecule has 0 saturated heterocycles. The first-order valence-corrected chi connectivity index (χ1v) is 11.5. The second-order valence-corrected chi connectivity index (χ2v) is 8.56. The number of fused-ring (bicyclic) bond motifs is 1. The number of ether oxygens (including phenoxy) is 3. The van der Waals surface area contributed by atoms with Crippen LogP contribution in [0.25, 0.3) is 0 Å². The van der Waals surface area contributed by atoms with Crippen molar-refractivity contribution in [1.82, 2.24) is 20.8 Å². The molecule has 33 heavy (non-hydrogen) atoms. The van der Waals surface area contributed by atoms with Crippen molar-refractivity contribution in [3.05, 3.63) is 33.4 Å². The summed E-state index contributed by atoms with van der Waals surface area (Å²) in [6.07, 6.45) is 0. The summed E-state index contributed by atoms with van der Waals surface area (Å²) in [5, 5.41) is 19.4. The molecule has 0 unspecified atom stereocenters. The zero-order valence-corrected chi connectivity index (χ0v) is 20.1. The lowest BCUT2D eigenvalue weighted by Gasteiger charge is -2.18. The molecule has 0 fully saturated rings. The topological polar surface area (TPSA) is 162 Å². The Bertz CT molecular complexity index is 1050. The Morgan fingerprint density at radius 3 is 2.82 bits per heavy atom. The van der Waals surface area contributed by atoms with Crippen molar-refractivity contribution in [2.24, 2.45) is 0 Å². The van der Waals surface area contributed by atoms with Gasteiger partial charge in [-0.05, 0) is 15.9 Å². The molecule has 1 aliphatic rings. The zero-order valence-electron chi connectivity index (χ0n) is 17.7. The molecule has 12 nitrogen and oxygen atoms in total. The number of nitrogens with one attached hydrogen (secondary N) is 2. The summed E-state index contributed by atoms with van der Waals surface area (Å²) in [5.74, 6) is -1.09. The number of esters is 1. The van der Waals surface area contributed by atoms with Gasteiger partial charge in [-0.2, -0.15) is 16.7 Å². The number of aromatic nitrogens is 2. The van der Waals surface area contributed by atoms with Crippen LogP contribution in [0.3, 0.4) is 0 Å². The van der Waals surface area contributed by atoms with Gasteiger partial charge in [0, 0.05) is 30.2 Å². The van der Waals surface area contributed by atoms with Crippen molar-refractivity contribution in [3.63, 3.8) is 0 Å². The van der Waals surface area contributed by atoms with Crippen molar-refractivity contribution in [3.8, 4) is 11.5 Å². The summed E-state index contributed by atoms with van der Waals surface area (Å²) >= 11 is 4.61. The number of cyclic esters (lactones) is 1. The monoisotopic (exact) mass is 544 g/mol. The van der Waals surface area contributed by atoms with Gasteiger partial charge >= 0.3 is 5.97 Å². The number of nitrogens with zero attached hydrogens (tertiary/aromatic N) is 2. The van der Waals surface area contributed by atoms with E-state index in [1.54, 1.807) is 0 Å². The fourth-order valence-corrected chi connectivity index (χ4v) is 4.65. The van der Waals surface area contributed by atoms with Crippen LogP contribution in [-0.2, 0) is 31.4 Å². The van der Waals surface area contributed by atoms with Crippen LogP contribution in [0.15, 0.2) is 15.1 Å². The lowest BCUT2D eigenvalue weighted by Crippen LogP contribution is -2.41. The Kier molecular flexibility index (Phi) is 8.52. The number of phenolic OH excluding ortho intramolecular Hbond substituents is 1. The molecule has 0 spiro atoms. The minimum atomic E-state index is -0.832. The van der Waals surface area contributed by atoms with E-state index in [4.69, 9.17) is 18.7 Å². The van der Waals surface area contributed by atoms with Crippen molar-refractivity contribution < 1.29 is 38.2 Å². The number of phenols is 1. The average molecular weight is 545 g/mol. The fourth-order valence-electron chi connectivity index (χ4n) is 2.89. The first-order valence-electron chi connectivity index (χ1n) is 9.54. The number of halogens is 1. The largest absolute Gasteiger partial charge is 0.507 e. The van der Waals surface area contributed by atoms with Crippen LogP contribution in [0.5, 0.6) is 11.5 Å². The number of carbonyl (C=O) groups is 3. The number of rotatable bonds is 4. The summed E-state index contributed by atoms with van der Waals surface area (Å²) in [7, 11) is 2.87. The fraction of sp³-hybridized carbons (Fsp3) is 0.421. The van der Waals surface area contributed by atoms with Crippen LogP contribution >= 0.6 is 27.7 Å². The Morgan fingerprint density at radius 1 is 1.30 bits per heavy atom. The molecule has 2 heterocycles. The number of benzene rings is 1. The summed E-state index contributed by atoms with van der Waals surface area (Å²) in [5.41, 5.74) is 0.302. The molecule has 178 valence electrons. The van der Waals surface area contributed by atoms with Gasteiger partial charge in [-0.15, -0.1) is 0 Å². The van der Waals surface area contributed by atoms with E-state index in [9.17, 15) is 19.5 Å². The number of amides is 2. The Balaban J connectivity index is 1.93. The molecule has 1 atom stereocenters. The molecule has 0 aliphatic carbocycles. The van der Waals surface area contributed by atoms with Crippen molar-refractivity contribution in [2.45, 2.75) is 18.4 Å². The maximum Gasteiger partial charge on any atom is 0.340 e. The molecule has 3 rings (SSSR count). The van der Waals surface area contributed by atoms with E-state index in [1.165, 1.54) is 32.0 Å². The molecule has 2 amide bonds. The molecule has 2 aromatic rings. The Labute approximate surface area is 200 Å². The zero-order chi connectivity index (χ0) is 24.0. The molecule has 3 N–H and O–H groups in total. The van der Waals surface area contributed by atoms with Gasteiger partial charge in [0.05, 0.1) is 23.7 Å². The summed E-state index contributed by atoms with van der Waals surface area (Å²) in [6.45, 7) is -0.825. The lowest BCUT2D eigenvalue weighted by atomic mass is 10.1. The van der Waals surface area contributed by atoms with Crippen LogP contribution in [-0.4, -0.2) is 66.2 Å². The summed E-state index contributed by atoms with van der Waals surface area (Å²) < 4.78 is 20.8. The second-order valence-electron chi connectivity index (χ2n) is 6.74. The number of thioether (sulfide) groups is 1. The predicted molar refractivity (Wildman–Crippen MR) is 118 cm³/mol. The highest BCUT2D eigenvalue weighted by Gasteiger charge is 2.27. The average Bonchev–Trinajstić information content (AvgIpc) is 3.25. The highest BCUT2D eigenvalue weighted by molar-refractivity contribution is 9.10. The van der Waals surface area contributed by atoms with Gasteiger partial charge < -0.3 is 34.5 Å². The van der Waals surface area contributed by atoms with Gasteiger partial charge in [0.25, 0.3) is 5.91 Å². The van der Waals surface area contributed by atoms with Gasteiger partial charge in [0.2, 0.25) is 11.8 Å². The van der Waals surface area contributed by atoms with E-state index in [1.807, 2.05) is 0 Å². The maximum atomic E-state index is 12.7. The minimum absolute atomic E-state index is 0.0324. The van der Waals surface area contributed by atoms with Crippen molar-refractivity contribution >= 4 is 45.5 Å². The molecule has 0 saturated carbocycles. The van der Waals surface area contributed by atoms with E-state index in [0.29, 0.717) is 5.82 Å². The van der Waals surface area contributed by atoms with Gasteiger partial charge in [-0.25, -0.2) is 4.79 Å². The summed E-state index contributed by atoms with van der Waals surface area (Å²) in [4.78, 5) is 41.3. The first-order chi connectivity index (χ1) is 15.8. The second kappa shape index (κ2) is 11.3. The van der Waals surface area contributed by atoms with E-state index < -0.39 is 30.4 Å². The van der Waals surface area contributed by atoms with Crippen LogP contribution in [0.1, 0.15) is 33.7 Å². The first kappa shape index (κ1) is 24.8. The quantitative estimate of drug-likeness (QED) is 0.471. The van der Waals surface area contributed by atoms with Gasteiger partial charge in [-0.1, -0.05) is 5.16 Å². The molecule has 1 aromatic carbocycles. The Morgan fingerprint density at radius 2 is 2.09 bits per heavy atom. The van der Waals surface area contributed by atoms with E-state index >= 15 is 0 Å². The highest BCUT2D eigenvalue weighted by atomic mass is 79.9. The standard InChI is InChI=1S/C19H21BrN4O8S/c1-29-5-13-23-18(32-24-13)10-8-33-7-9-11(25)3-12(30-2)17(20)16(9)19(28)31-6-15(27)21-4-14(26)22-10/h3,10,25H,4-8H2,1-2H3,(H,21,27)(H,22,26)/t10-/m0/s1. The molecular formula is C19H21BrN4O8S. The van der Waals surface area contributed by atoms with E-state index in [0.717, 1.165) is 0 Å². The molecule has 0 bridgehead atoms. The van der Waals surface area contributed by atoms with E-state index in [2.05, 4.69) is 36.7 Å². The van der Waals surface area contributed by atoms with Crippen LogP contribution in [0.4, 0.5) is 0 Å². The lowest BCUT2D eigenvalue weighted by molar-refractivity contribution is -0.128. The Hall–Kier alpha value is -2.84.